The Morgan fingerprint density at radius 2 is 2.06 bits per heavy atom. The van der Waals surface area contributed by atoms with Crippen molar-refractivity contribution in [2.75, 3.05) is 0 Å². The van der Waals surface area contributed by atoms with Crippen LogP contribution in [0.3, 0.4) is 0 Å². The van der Waals surface area contributed by atoms with Gasteiger partial charge in [-0.3, -0.25) is 0 Å². The molecule has 4 rings (SSSR count). The molecule has 7 heteroatoms. The standard InChI is InChI=1S/C9H11N7/c1-2-7(1)15-8(10-5-12-15)9(3-4-9)16-13-6-11-14-16/h5-7H,1-4H2. The molecule has 2 heterocycles. The fourth-order valence-corrected chi connectivity index (χ4v) is 2.16. The van der Waals surface area contributed by atoms with Crippen LogP contribution in [0.25, 0.3) is 0 Å². The van der Waals surface area contributed by atoms with E-state index in [1.165, 1.54) is 19.2 Å². The van der Waals surface area contributed by atoms with E-state index in [-0.39, 0.29) is 5.54 Å². The minimum absolute atomic E-state index is 0.171. The summed E-state index contributed by atoms with van der Waals surface area (Å²) in [6.45, 7) is 0. The van der Waals surface area contributed by atoms with Gasteiger partial charge in [0.15, 0.2) is 12.2 Å². The molecule has 0 amide bonds. The summed E-state index contributed by atoms with van der Waals surface area (Å²) in [4.78, 5) is 6.07. The molecule has 0 spiro atoms. The van der Waals surface area contributed by atoms with Gasteiger partial charge in [-0.25, -0.2) is 9.67 Å². The normalized spacial score (nSPS) is 22.2. The highest BCUT2D eigenvalue weighted by molar-refractivity contribution is 5.17. The Bertz CT molecular complexity index is 506. The first-order chi connectivity index (χ1) is 7.90. The number of nitrogens with zero attached hydrogens (tertiary/aromatic N) is 7. The van der Waals surface area contributed by atoms with Crippen molar-refractivity contribution in [2.45, 2.75) is 37.3 Å². The van der Waals surface area contributed by atoms with Gasteiger partial charge in [0.25, 0.3) is 0 Å². The molecule has 0 unspecified atom stereocenters. The molecule has 2 saturated carbocycles. The predicted molar refractivity (Wildman–Crippen MR) is 52.4 cm³/mol. The Morgan fingerprint density at radius 1 is 1.19 bits per heavy atom. The second kappa shape index (κ2) is 2.66. The van der Waals surface area contributed by atoms with E-state index in [2.05, 4.69) is 25.5 Å². The van der Waals surface area contributed by atoms with Crippen LogP contribution in [0, 0.1) is 0 Å². The highest BCUT2D eigenvalue weighted by atomic mass is 15.6. The van der Waals surface area contributed by atoms with Crippen LogP contribution in [0.1, 0.15) is 37.5 Å². The van der Waals surface area contributed by atoms with Gasteiger partial charge in [0.2, 0.25) is 0 Å². The Balaban J connectivity index is 1.82. The molecule has 2 aromatic rings. The first kappa shape index (κ1) is 8.37. The molecule has 82 valence electrons. The van der Waals surface area contributed by atoms with E-state index < -0.39 is 0 Å². The Hall–Kier alpha value is -1.79. The van der Waals surface area contributed by atoms with E-state index in [9.17, 15) is 0 Å². The van der Waals surface area contributed by atoms with Crippen LogP contribution in [0.5, 0.6) is 0 Å². The largest absolute Gasteiger partial charge is 0.245 e. The predicted octanol–water partition coefficient (Wildman–Crippen LogP) is 0.137. The van der Waals surface area contributed by atoms with Crippen molar-refractivity contribution in [2.24, 2.45) is 0 Å². The quantitative estimate of drug-likeness (QED) is 0.731. The minimum Gasteiger partial charge on any atom is -0.245 e. The molecule has 0 radical (unpaired) electrons. The van der Waals surface area contributed by atoms with Crippen molar-refractivity contribution < 1.29 is 0 Å². The highest BCUT2D eigenvalue weighted by Gasteiger charge is 2.53. The molecule has 2 aliphatic rings. The van der Waals surface area contributed by atoms with Crippen LogP contribution < -0.4 is 0 Å². The summed E-state index contributed by atoms with van der Waals surface area (Å²) >= 11 is 0. The summed E-state index contributed by atoms with van der Waals surface area (Å²) in [5.74, 6) is 0.994. The van der Waals surface area contributed by atoms with Gasteiger partial charge < -0.3 is 0 Å². The van der Waals surface area contributed by atoms with E-state index in [0.717, 1.165) is 18.7 Å². The summed E-state index contributed by atoms with van der Waals surface area (Å²) in [5, 5.41) is 16.2. The van der Waals surface area contributed by atoms with Crippen molar-refractivity contribution in [1.29, 1.82) is 0 Å². The zero-order chi connectivity index (χ0) is 10.6. The first-order valence-corrected chi connectivity index (χ1v) is 5.54. The second-order valence-corrected chi connectivity index (χ2v) is 4.52. The summed E-state index contributed by atoms with van der Waals surface area (Å²) < 4.78 is 2.04. The van der Waals surface area contributed by atoms with E-state index in [1.807, 2.05) is 4.68 Å². The molecule has 16 heavy (non-hydrogen) atoms. The monoisotopic (exact) mass is 217 g/mol. The smallest absolute Gasteiger partial charge is 0.162 e. The molecular weight excluding hydrogens is 206 g/mol. The fraction of sp³-hybridized carbons (Fsp3) is 0.667. The van der Waals surface area contributed by atoms with Gasteiger partial charge in [-0.2, -0.15) is 9.90 Å². The van der Waals surface area contributed by atoms with Crippen LogP contribution in [-0.4, -0.2) is 35.0 Å². The van der Waals surface area contributed by atoms with Crippen molar-refractivity contribution in [3.63, 3.8) is 0 Å². The maximum absolute atomic E-state index is 4.39. The average Bonchev–Trinajstić information content (AvgIpc) is 3.21. The van der Waals surface area contributed by atoms with E-state index in [4.69, 9.17) is 0 Å². The average molecular weight is 217 g/mol. The summed E-state index contributed by atoms with van der Waals surface area (Å²) in [7, 11) is 0. The van der Waals surface area contributed by atoms with Crippen LogP contribution >= 0.6 is 0 Å². The number of hydrogen-bond acceptors (Lipinski definition) is 5. The Kier molecular flexibility index (Phi) is 1.39. The van der Waals surface area contributed by atoms with Crippen molar-refractivity contribution in [3.8, 4) is 0 Å². The lowest BCUT2D eigenvalue weighted by molar-refractivity contribution is 0.389. The highest BCUT2D eigenvalue weighted by Crippen LogP contribution is 2.49. The molecule has 0 bridgehead atoms. The molecule has 2 aromatic heterocycles. The third kappa shape index (κ3) is 0.998. The lowest BCUT2D eigenvalue weighted by atomic mass is 10.2. The van der Waals surface area contributed by atoms with Gasteiger partial charge in [-0.15, -0.1) is 10.2 Å². The van der Waals surface area contributed by atoms with Gasteiger partial charge in [0, 0.05) is 0 Å². The van der Waals surface area contributed by atoms with Crippen LogP contribution in [0.4, 0.5) is 0 Å². The number of hydrogen-bond donors (Lipinski definition) is 0. The summed E-state index contributed by atoms with van der Waals surface area (Å²) in [6, 6.07) is 0.540. The Morgan fingerprint density at radius 3 is 2.69 bits per heavy atom. The number of tetrazole rings is 1. The zero-order valence-corrected chi connectivity index (χ0v) is 8.69. The maximum Gasteiger partial charge on any atom is 0.162 e. The lowest BCUT2D eigenvalue weighted by Crippen LogP contribution is -2.26. The van der Waals surface area contributed by atoms with Crippen LogP contribution in [-0.2, 0) is 5.54 Å². The van der Waals surface area contributed by atoms with Gasteiger partial charge in [0.1, 0.15) is 11.9 Å². The van der Waals surface area contributed by atoms with Crippen LogP contribution in [0.2, 0.25) is 0 Å². The van der Waals surface area contributed by atoms with E-state index >= 15 is 0 Å². The molecule has 0 aromatic carbocycles. The van der Waals surface area contributed by atoms with Crippen molar-refractivity contribution in [3.05, 3.63) is 18.5 Å². The number of rotatable bonds is 3. The molecule has 2 fully saturated rings. The lowest BCUT2D eigenvalue weighted by Gasteiger charge is -2.13. The molecule has 7 nitrogen and oxygen atoms in total. The molecule has 2 aliphatic carbocycles. The summed E-state index contributed by atoms with van der Waals surface area (Å²) in [5.41, 5.74) is -0.171. The van der Waals surface area contributed by atoms with E-state index in [1.54, 1.807) is 11.1 Å². The molecule has 0 atom stereocenters. The van der Waals surface area contributed by atoms with Gasteiger partial charge >= 0.3 is 0 Å². The molecule has 0 aliphatic heterocycles. The summed E-state index contributed by atoms with van der Waals surface area (Å²) in [6.07, 6.45) is 7.56. The minimum atomic E-state index is -0.171. The van der Waals surface area contributed by atoms with Gasteiger partial charge in [-0.1, -0.05) is 0 Å². The molecule has 0 saturated heterocycles. The second-order valence-electron chi connectivity index (χ2n) is 4.52. The maximum atomic E-state index is 4.39. The first-order valence-electron chi connectivity index (χ1n) is 5.54. The van der Waals surface area contributed by atoms with Crippen molar-refractivity contribution in [1.82, 2.24) is 35.0 Å². The number of aromatic nitrogens is 7. The topological polar surface area (TPSA) is 74.3 Å². The SMILES string of the molecule is c1nnn(C2(c3ncnn3C3CC3)CC2)n1. The van der Waals surface area contributed by atoms with Gasteiger partial charge in [-0.05, 0) is 30.9 Å². The Labute approximate surface area is 91.5 Å². The third-order valence-electron chi connectivity index (χ3n) is 3.34. The van der Waals surface area contributed by atoms with Crippen LogP contribution in [0.15, 0.2) is 12.7 Å². The molecular formula is C9H11N7. The third-order valence-corrected chi connectivity index (χ3v) is 3.34. The fourth-order valence-electron chi connectivity index (χ4n) is 2.16. The van der Waals surface area contributed by atoms with E-state index in [0.29, 0.717) is 6.04 Å². The zero-order valence-electron chi connectivity index (χ0n) is 8.69. The van der Waals surface area contributed by atoms with Crippen molar-refractivity contribution >= 4 is 0 Å². The van der Waals surface area contributed by atoms with Gasteiger partial charge in [0.05, 0.1) is 6.04 Å². The molecule has 0 N–H and O–H groups in total.